The zero-order valence-corrected chi connectivity index (χ0v) is 22.9. The molecule has 0 radical (unpaired) electrons. The average molecular weight is 588 g/mol. The Kier molecular flexibility index (Phi) is 8.98. The Bertz CT molecular complexity index is 1640. The lowest BCUT2D eigenvalue weighted by molar-refractivity contribution is -0.122. The first-order valence-corrected chi connectivity index (χ1v) is 12.7. The van der Waals surface area contributed by atoms with Crippen molar-refractivity contribution in [1.29, 1.82) is 0 Å². The lowest BCUT2D eigenvalue weighted by atomic mass is 9.99. The summed E-state index contributed by atoms with van der Waals surface area (Å²) >= 11 is 12.2. The van der Waals surface area contributed by atoms with Crippen molar-refractivity contribution in [2.24, 2.45) is 5.73 Å². The molecule has 2 heterocycles. The predicted octanol–water partition coefficient (Wildman–Crippen LogP) is 4.04. The van der Waals surface area contributed by atoms with Crippen molar-refractivity contribution in [2.45, 2.75) is 18.9 Å². The lowest BCUT2D eigenvalue weighted by Crippen LogP contribution is -2.31. The fourth-order valence-corrected chi connectivity index (χ4v) is 4.60. The lowest BCUT2D eigenvalue weighted by Gasteiger charge is -2.21. The number of hydrogen-bond acceptors (Lipinski definition) is 7. The van der Waals surface area contributed by atoms with E-state index in [9.17, 15) is 18.8 Å². The highest BCUT2D eigenvalue weighted by molar-refractivity contribution is 6.31. The van der Waals surface area contributed by atoms with Crippen LogP contribution in [0.5, 0.6) is 5.75 Å². The number of nitrogens with two attached hydrogens (primary N) is 1. The Labute approximate surface area is 238 Å². The number of Topliss-reactive ketones (excluding diaryl/α,β-unsaturated/α-hetero) is 1. The molecule has 2 aromatic carbocycles. The Hall–Kier alpha value is -4.06. The number of rotatable bonds is 11. The summed E-state index contributed by atoms with van der Waals surface area (Å²) in [7, 11) is 2.91. The van der Waals surface area contributed by atoms with Crippen molar-refractivity contribution in [1.82, 2.24) is 19.6 Å². The van der Waals surface area contributed by atoms with Crippen LogP contribution in [0.4, 0.5) is 4.39 Å². The predicted molar refractivity (Wildman–Crippen MR) is 147 cm³/mol. The van der Waals surface area contributed by atoms with E-state index < -0.39 is 23.3 Å². The first kappa shape index (κ1) is 28.9. The van der Waals surface area contributed by atoms with Gasteiger partial charge in [0.2, 0.25) is 0 Å². The molecule has 0 saturated carbocycles. The number of amides is 1. The number of ketones is 1. The van der Waals surface area contributed by atoms with Crippen LogP contribution >= 0.6 is 23.2 Å². The molecular weight excluding hydrogens is 564 g/mol. The van der Waals surface area contributed by atoms with Gasteiger partial charge in [0, 0.05) is 42.4 Å². The molecule has 2 aromatic heterocycles. The Morgan fingerprint density at radius 3 is 2.48 bits per heavy atom. The highest BCUT2D eigenvalue weighted by atomic mass is 35.5. The van der Waals surface area contributed by atoms with Crippen molar-refractivity contribution in [2.75, 3.05) is 20.8 Å². The first-order chi connectivity index (χ1) is 19.1. The zero-order valence-electron chi connectivity index (χ0n) is 21.4. The summed E-state index contributed by atoms with van der Waals surface area (Å²) in [6.07, 6.45) is 2.90. The molecule has 13 heteroatoms. The van der Waals surface area contributed by atoms with Gasteiger partial charge in [0.05, 0.1) is 36.8 Å². The number of primary amides is 1. The summed E-state index contributed by atoms with van der Waals surface area (Å²) in [5.74, 6) is -1.84. The average Bonchev–Trinajstić information content (AvgIpc) is 3.35. The number of ether oxygens (including phenoxy) is 2. The van der Waals surface area contributed by atoms with Crippen molar-refractivity contribution in [3.05, 3.63) is 92.3 Å². The largest absolute Gasteiger partial charge is 0.495 e. The molecule has 1 unspecified atom stereocenters. The monoisotopic (exact) mass is 587 g/mol. The number of benzene rings is 2. The molecule has 0 aliphatic carbocycles. The number of carbonyl (C=O) groups is 2. The molecule has 4 aromatic rings. The number of aromatic nitrogens is 4. The molecule has 0 fully saturated rings. The Morgan fingerprint density at radius 1 is 1.07 bits per heavy atom. The molecule has 40 heavy (non-hydrogen) atoms. The quantitative estimate of drug-likeness (QED) is 0.280. The summed E-state index contributed by atoms with van der Waals surface area (Å²) in [5.41, 5.74) is 6.15. The van der Waals surface area contributed by atoms with E-state index in [1.165, 1.54) is 54.1 Å². The molecule has 0 bridgehead atoms. The minimum absolute atomic E-state index is 0.166. The van der Waals surface area contributed by atoms with Crippen LogP contribution in [-0.2, 0) is 16.0 Å². The van der Waals surface area contributed by atoms with Crippen LogP contribution in [0.2, 0.25) is 10.2 Å². The molecule has 1 amide bonds. The number of pyridine rings is 1. The third-order valence-corrected chi connectivity index (χ3v) is 6.61. The molecule has 0 spiro atoms. The van der Waals surface area contributed by atoms with E-state index in [1.54, 1.807) is 18.2 Å². The molecule has 10 nitrogen and oxygen atoms in total. The van der Waals surface area contributed by atoms with Gasteiger partial charge in [0.15, 0.2) is 10.9 Å². The second-order valence-corrected chi connectivity index (χ2v) is 9.59. The van der Waals surface area contributed by atoms with Crippen LogP contribution in [0.3, 0.4) is 0 Å². The van der Waals surface area contributed by atoms with Crippen LogP contribution in [-0.4, -0.2) is 52.1 Å². The first-order valence-electron chi connectivity index (χ1n) is 11.9. The number of carbonyl (C=O) groups excluding carboxylic acids is 2. The summed E-state index contributed by atoms with van der Waals surface area (Å²) in [4.78, 5) is 38.2. The highest BCUT2D eigenvalue weighted by Crippen LogP contribution is 2.35. The van der Waals surface area contributed by atoms with E-state index in [-0.39, 0.29) is 41.7 Å². The Balaban J connectivity index is 1.76. The third kappa shape index (κ3) is 6.22. The van der Waals surface area contributed by atoms with E-state index in [4.69, 9.17) is 38.4 Å². The van der Waals surface area contributed by atoms with Crippen LogP contribution in [0.15, 0.2) is 59.7 Å². The summed E-state index contributed by atoms with van der Waals surface area (Å²) in [5, 5.41) is 8.38. The number of halogens is 3. The van der Waals surface area contributed by atoms with Gasteiger partial charge in [-0.3, -0.25) is 14.4 Å². The Morgan fingerprint density at radius 2 is 1.85 bits per heavy atom. The van der Waals surface area contributed by atoms with Crippen molar-refractivity contribution in [3.63, 3.8) is 0 Å². The molecule has 208 valence electrons. The van der Waals surface area contributed by atoms with E-state index in [0.29, 0.717) is 27.4 Å². The summed E-state index contributed by atoms with van der Waals surface area (Å²) in [6.45, 7) is 0.174. The third-order valence-electron chi connectivity index (χ3n) is 6.21. The topological polar surface area (TPSA) is 131 Å². The van der Waals surface area contributed by atoms with Gasteiger partial charge in [-0.25, -0.2) is 9.07 Å². The molecule has 0 aliphatic rings. The van der Waals surface area contributed by atoms with Gasteiger partial charge >= 0.3 is 0 Å². The molecular formula is C27H24Cl2FN5O5. The molecule has 4 rings (SSSR count). The van der Waals surface area contributed by atoms with Crippen molar-refractivity contribution in [3.8, 4) is 22.6 Å². The van der Waals surface area contributed by atoms with Crippen LogP contribution in [0.25, 0.3) is 16.8 Å². The molecule has 1 atom stereocenters. The second-order valence-electron chi connectivity index (χ2n) is 8.77. The smallest absolute Gasteiger partial charge is 0.252 e. The fourth-order valence-electron chi connectivity index (χ4n) is 4.30. The maximum Gasteiger partial charge on any atom is 0.252 e. The second kappa shape index (κ2) is 12.4. The van der Waals surface area contributed by atoms with E-state index in [2.05, 4.69) is 10.3 Å². The number of hydrogen-bond donors (Lipinski definition) is 1. The number of methoxy groups -OCH3 is 2. The molecule has 2 N–H and O–H groups in total. The maximum absolute atomic E-state index is 14.3. The van der Waals surface area contributed by atoms with Gasteiger partial charge in [0.1, 0.15) is 11.6 Å². The molecule has 0 saturated heterocycles. The van der Waals surface area contributed by atoms with Gasteiger partial charge in [-0.15, -0.1) is 5.10 Å². The summed E-state index contributed by atoms with van der Waals surface area (Å²) in [6, 6.07) is 9.12. The van der Waals surface area contributed by atoms with Gasteiger partial charge in [-0.1, -0.05) is 34.5 Å². The van der Waals surface area contributed by atoms with E-state index in [0.717, 1.165) is 6.07 Å². The van der Waals surface area contributed by atoms with Crippen LogP contribution < -0.4 is 16.0 Å². The van der Waals surface area contributed by atoms with E-state index >= 15 is 0 Å². The summed E-state index contributed by atoms with van der Waals surface area (Å²) < 4.78 is 27.8. The minimum atomic E-state index is -0.956. The maximum atomic E-state index is 14.3. The zero-order chi connectivity index (χ0) is 29.0. The van der Waals surface area contributed by atoms with Crippen LogP contribution in [0, 0.1) is 5.82 Å². The van der Waals surface area contributed by atoms with Crippen molar-refractivity contribution >= 4 is 34.9 Å². The van der Waals surface area contributed by atoms with Gasteiger partial charge in [0.25, 0.3) is 11.5 Å². The van der Waals surface area contributed by atoms with Crippen molar-refractivity contribution < 1.29 is 23.5 Å². The van der Waals surface area contributed by atoms with Gasteiger partial charge in [-0.05, 0) is 42.3 Å². The standard InChI is InChI=1S/C27H24Cl2FN5O5/c1-39-8-7-22(23(36)10-15-3-5-17(27(31)38)20(30)9-15)34-13-24(40-2)19(12-26(34)37)18-11-16(28)4-6-21(18)35-14-25(29)32-33-35/h3-6,9,11-14,22H,7-8,10H2,1-2H3,(H2,31,38). The van der Waals surface area contributed by atoms with Gasteiger partial charge in [-0.2, -0.15) is 0 Å². The normalized spacial score (nSPS) is 11.8. The minimum Gasteiger partial charge on any atom is -0.495 e. The van der Waals surface area contributed by atoms with Gasteiger partial charge < -0.3 is 19.8 Å². The highest BCUT2D eigenvalue weighted by Gasteiger charge is 2.25. The van der Waals surface area contributed by atoms with Crippen LogP contribution in [0.1, 0.15) is 28.4 Å². The molecule has 0 aliphatic heterocycles. The van der Waals surface area contributed by atoms with E-state index in [1.807, 2.05) is 0 Å². The number of nitrogens with zero attached hydrogens (tertiary/aromatic N) is 4. The fraction of sp³-hybridized carbons (Fsp3) is 0.222. The SMILES string of the molecule is COCCC(C(=O)Cc1ccc(C(N)=O)c(F)c1)n1cc(OC)c(-c2cc(Cl)ccc2-n2cc(Cl)nn2)cc1=O.